The number of hydrogen-bond acceptors (Lipinski definition) is 14. The van der Waals surface area contributed by atoms with Gasteiger partial charge in [0, 0.05) is 101 Å². The smallest absolute Gasteiger partial charge is 0.414 e. The lowest BCUT2D eigenvalue weighted by atomic mass is 9.98. The molecule has 0 spiro atoms. The first-order valence-electron chi connectivity index (χ1n) is 28.4. The first kappa shape index (κ1) is 77.5. The number of anilines is 3. The Bertz CT molecular complexity index is 3910. The number of halogens is 7. The highest BCUT2D eigenvalue weighted by molar-refractivity contribution is 6.44. The predicted molar refractivity (Wildman–Crippen MR) is 357 cm³/mol. The fourth-order valence-corrected chi connectivity index (χ4v) is 10.9. The van der Waals surface area contributed by atoms with Crippen LogP contribution in [0.25, 0.3) is 33.4 Å². The number of nitriles is 3. The normalized spacial score (nSPS) is 13.1. The van der Waals surface area contributed by atoms with Crippen molar-refractivity contribution >= 4 is 81.7 Å². The number of hydrogen-bond donors (Lipinski definition) is 0. The fourth-order valence-electron chi connectivity index (χ4n) is 10.1. The number of benzene rings is 3. The Morgan fingerprint density at radius 1 is 0.538 bits per heavy atom. The number of nitrogens with zero attached hydrogens (tertiary/aromatic N) is 9. The quantitative estimate of drug-likeness (QED) is 0.0910. The Hall–Kier alpha value is -7.94. The van der Waals surface area contributed by atoms with Crippen LogP contribution in [0.2, 0.25) is 20.1 Å². The molecule has 0 N–H and O–H groups in total. The molecule has 5 aliphatic rings. The van der Waals surface area contributed by atoms with Crippen LogP contribution >= 0.6 is 46.4 Å². The van der Waals surface area contributed by atoms with E-state index < -0.39 is 52.5 Å². The molecule has 3 amide bonds. The minimum atomic E-state index is -0.785. The first-order valence-corrected chi connectivity index (χ1v) is 29.9. The largest absolute Gasteiger partial charge is 0.618 e. The third-order valence-corrected chi connectivity index (χ3v) is 15.3. The van der Waals surface area contributed by atoms with Crippen LogP contribution in [0, 0.1) is 56.7 Å². The molecule has 2 aliphatic heterocycles. The molecule has 0 bridgehead atoms. The summed E-state index contributed by atoms with van der Waals surface area (Å²) in [5.74, 6) is -2.25. The maximum absolute atomic E-state index is 14.7. The van der Waals surface area contributed by atoms with Gasteiger partial charge in [-0.1, -0.05) is 68.7 Å². The Labute approximate surface area is 562 Å². The average molecular weight is 1360 g/mol. The van der Waals surface area contributed by atoms with Crippen molar-refractivity contribution < 1.29 is 56.0 Å². The Morgan fingerprint density at radius 2 is 0.892 bits per heavy atom. The number of amides is 3. The van der Waals surface area contributed by atoms with Crippen LogP contribution < -0.4 is 19.4 Å². The van der Waals surface area contributed by atoms with E-state index in [0.717, 1.165) is 38.6 Å². The van der Waals surface area contributed by atoms with Crippen LogP contribution in [0.4, 0.5) is 44.6 Å². The van der Waals surface area contributed by atoms with Crippen molar-refractivity contribution in [3.8, 4) is 51.6 Å². The van der Waals surface area contributed by atoms with Gasteiger partial charge in [0.2, 0.25) is 5.69 Å². The van der Waals surface area contributed by atoms with Crippen molar-refractivity contribution in [2.75, 3.05) is 62.3 Å². The van der Waals surface area contributed by atoms with E-state index in [1.807, 2.05) is 18.2 Å². The van der Waals surface area contributed by atoms with Gasteiger partial charge in [-0.3, -0.25) is 24.7 Å². The molecule has 6 aromatic rings. The molecule has 0 saturated carbocycles. The molecule has 93 heavy (non-hydrogen) atoms. The van der Waals surface area contributed by atoms with Gasteiger partial charge in [-0.2, -0.15) is 20.5 Å². The van der Waals surface area contributed by atoms with E-state index in [-0.39, 0.29) is 71.7 Å². The molecule has 0 radical (unpaired) electrons. The number of ether oxygens (including phenoxy) is 5. The van der Waals surface area contributed by atoms with Crippen LogP contribution in [0.15, 0.2) is 48.9 Å². The van der Waals surface area contributed by atoms with E-state index >= 15 is 0 Å². The summed E-state index contributed by atoms with van der Waals surface area (Å²) < 4.78 is 70.5. The number of aromatic nitrogens is 3. The monoisotopic (exact) mass is 1360 g/mol. The van der Waals surface area contributed by atoms with Gasteiger partial charge in [0.1, 0.15) is 57.5 Å². The molecular weight excluding hydrogens is 1290 g/mol. The predicted octanol–water partition coefficient (Wildman–Crippen LogP) is 17.5. The molecule has 498 valence electrons. The average Bonchev–Trinajstić information content (AvgIpc) is 1.63. The summed E-state index contributed by atoms with van der Waals surface area (Å²) in [5.41, 5.74) is 4.13. The van der Waals surface area contributed by atoms with E-state index in [4.69, 9.17) is 70.1 Å². The lowest BCUT2D eigenvalue weighted by molar-refractivity contribution is -0.612. The molecule has 5 heterocycles. The molecule has 3 aliphatic carbocycles. The number of carbonyl (C=O) groups excluding carboxylic acids is 3. The van der Waals surface area contributed by atoms with E-state index in [2.05, 4.69) is 9.97 Å². The zero-order valence-electron chi connectivity index (χ0n) is 51.7. The van der Waals surface area contributed by atoms with Gasteiger partial charge < -0.3 is 28.9 Å². The van der Waals surface area contributed by atoms with E-state index in [0.29, 0.717) is 95.6 Å². The summed E-state index contributed by atoms with van der Waals surface area (Å²) >= 11 is 24.4. The molecule has 3 aromatic heterocycles. The third-order valence-electron chi connectivity index (χ3n) is 14.1. The van der Waals surface area contributed by atoms with Crippen LogP contribution in [-0.4, -0.2) is 92.6 Å². The van der Waals surface area contributed by atoms with Crippen molar-refractivity contribution in [3.05, 3.63) is 142 Å². The molecule has 0 atom stereocenters. The van der Waals surface area contributed by atoms with E-state index in [1.54, 1.807) is 68.4 Å². The number of carbonyl (C=O) groups is 3. The van der Waals surface area contributed by atoms with Gasteiger partial charge in [-0.25, -0.2) is 27.6 Å². The van der Waals surface area contributed by atoms with Crippen LogP contribution in [0.5, 0.6) is 0 Å². The number of fused-ring (bicyclic) bond motifs is 9. The lowest BCUT2D eigenvalue weighted by Crippen LogP contribution is -2.35. The Kier molecular flexibility index (Phi) is 26.5. The highest BCUT2D eigenvalue weighted by Crippen LogP contribution is 2.50. The maximum Gasteiger partial charge on any atom is 0.414 e. The fraction of sp³-hybridized carbons (Fsp3) is 0.426. The summed E-state index contributed by atoms with van der Waals surface area (Å²) in [6, 6.07) is 12.3. The summed E-state index contributed by atoms with van der Waals surface area (Å²) in [4.78, 5) is 49.5. The van der Waals surface area contributed by atoms with Crippen molar-refractivity contribution in [1.29, 1.82) is 15.8 Å². The second kappa shape index (κ2) is 31.8. The number of rotatable bonds is 3. The second-order valence-corrected chi connectivity index (χ2v) is 25.8. The van der Waals surface area contributed by atoms with E-state index in [1.165, 1.54) is 92.2 Å². The summed E-state index contributed by atoms with van der Waals surface area (Å²) in [5, 5.41) is 41.5. The van der Waals surface area contributed by atoms with Crippen LogP contribution in [-0.2, 0) is 42.9 Å². The summed E-state index contributed by atoms with van der Waals surface area (Å²) in [6.07, 6.45) is 8.12. The zero-order valence-corrected chi connectivity index (χ0v) is 54.8. The Morgan fingerprint density at radius 3 is 1.28 bits per heavy atom. The van der Waals surface area contributed by atoms with Gasteiger partial charge in [0.25, 0.3) is 0 Å². The zero-order chi connectivity index (χ0) is 66.5. The topological polar surface area (TPSA) is 231 Å². The van der Waals surface area contributed by atoms with Gasteiger partial charge in [0.15, 0.2) is 6.20 Å². The SMILES string of the molecule is C.C.C.C1CCOC1.C1CCOC1.CN(C(=O)OC(C)(C)C)c1cc(F)c(C#N)c2c1Cc1c-2cc(Cl)c[n+]1[O-].CN(C(=O)OC(C)(C)C)c1cc(F)c(C#N)c2c1Cc1ncc(Cl)c(Cl)c1-2.CN(C(=O)OC(C)(C)C)c1cc(F)c(C#N)c2c1Cc1ncc(Cl)cc1-2. The molecule has 25 heteroatoms. The van der Waals surface area contributed by atoms with Crippen molar-refractivity contribution in [2.24, 2.45) is 0 Å². The van der Waals surface area contributed by atoms with Crippen molar-refractivity contribution in [3.63, 3.8) is 0 Å². The summed E-state index contributed by atoms with van der Waals surface area (Å²) in [7, 11) is 4.45. The molecule has 2 fully saturated rings. The van der Waals surface area contributed by atoms with Gasteiger partial charge >= 0.3 is 18.3 Å². The van der Waals surface area contributed by atoms with Gasteiger partial charge in [-0.05, 0) is 135 Å². The van der Waals surface area contributed by atoms with Crippen LogP contribution in [0.3, 0.4) is 0 Å². The molecule has 2 saturated heterocycles. The highest BCUT2D eigenvalue weighted by Gasteiger charge is 2.38. The Balaban J connectivity index is 0.000000271. The molecule has 18 nitrogen and oxygen atoms in total. The maximum atomic E-state index is 14.7. The van der Waals surface area contributed by atoms with Crippen molar-refractivity contribution in [1.82, 2.24) is 9.97 Å². The van der Waals surface area contributed by atoms with Gasteiger partial charge in [0.05, 0.1) is 72.2 Å². The van der Waals surface area contributed by atoms with Gasteiger partial charge in [-0.15, -0.1) is 0 Å². The minimum Gasteiger partial charge on any atom is -0.618 e. The molecule has 0 unspecified atom stereocenters. The molecule has 3 aromatic carbocycles. The first-order chi connectivity index (χ1) is 42.2. The second-order valence-electron chi connectivity index (χ2n) is 24.2. The van der Waals surface area contributed by atoms with E-state index in [9.17, 15) is 48.5 Å². The molecule has 11 rings (SSSR count). The third kappa shape index (κ3) is 18.1. The van der Waals surface area contributed by atoms with Crippen molar-refractivity contribution in [2.45, 2.75) is 146 Å². The lowest BCUT2D eigenvalue weighted by Gasteiger charge is -2.26. The standard InChI is InChI=1S/C19H16Cl2FN3O2.C19H17ClFN3O3.C19H17ClFN3O2.2C4H8O.3CH4/c1-19(2,3)27-18(26)25(4)14-6-12(22)10(7-23)15-9(14)5-13-16(15)17(21)11(20)8-24-13;1-19(2,3)27-18(25)23(4)15-7-14(21)13(8-22)17-11-5-10(20)9-24(26)16(11)6-12(15)17;1-19(2,3)26-18(25)24(4)16-7-14(21)13(8-22)17-11-5-10(20)9-23-15(11)6-12(16)17;2*1-2-4-5-3-1;;;/h6,8H,5H2,1-4H3;5,7,9H,6H2,1-4H3;5,7,9H,6H2,1-4H3;2*1-4H2;3*1H4. The number of pyridine rings is 3. The summed E-state index contributed by atoms with van der Waals surface area (Å²) in [6.45, 7) is 19.7. The molecular formula is C68H78Cl4F3N9O9. The highest BCUT2D eigenvalue weighted by atomic mass is 35.5. The minimum absolute atomic E-state index is 0. The van der Waals surface area contributed by atoms with Crippen LogP contribution in [0.1, 0.15) is 161 Å².